The molecule has 1 aliphatic carbocycles. The van der Waals surface area contributed by atoms with Crippen LogP contribution in [0.2, 0.25) is 0 Å². The molecule has 2 atom stereocenters. The number of nitrogens with zero attached hydrogens (tertiary/aromatic N) is 1. The zero-order valence-electron chi connectivity index (χ0n) is 16.7. The number of carbonyl (C=O) groups excluding carboxylic acids is 3. The van der Waals surface area contributed by atoms with E-state index in [0.717, 1.165) is 31.4 Å². The first kappa shape index (κ1) is 19.4. The Hall–Kier alpha value is -2.95. The van der Waals surface area contributed by atoms with Crippen LogP contribution in [0.1, 0.15) is 48.5 Å². The molecule has 0 aromatic heterocycles. The van der Waals surface area contributed by atoms with Crippen molar-refractivity contribution in [3.63, 3.8) is 0 Å². The molecule has 1 N–H and O–H groups in total. The molecule has 0 radical (unpaired) electrons. The second kappa shape index (κ2) is 8.19. The first-order chi connectivity index (χ1) is 14.0. The van der Waals surface area contributed by atoms with Gasteiger partial charge < -0.3 is 10.2 Å². The Kier molecular flexibility index (Phi) is 5.47. The molecule has 2 aromatic carbocycles. The number of anilines is 2. The molecule has 2 aliphatic rings. The van der Waals surface area contributed by atoms with Crippen LogP contribution in [0.5, 0.6) is 0 Å². The highest BCUT2D eigenvalue weighted by atomic mass is 16.2. The topological polar surface area (TPSA) is 66.5 Å². The van der Waals surface area contributed by atoms with E-state index < -0.39 is 0 Å². The lowest BCUT2D eigenvalue weighted by Gasteiger charge is -2.32. The van der Waals surface area contributed by atoms with Gasteiger partial charge in [0.2, 0.25) is 11.8 Å². The number of para-hydroxylation sites is 1. The average molecular weight is 390 g/mol. The minimum atomic E-state index is -0.343. The maximum atomic E-state index is 13.4. The van der Waals surface area contributed by atoms with Crippen LogP contribution in [0, 0.1) is 11.8 Å². The fraction of sp³-hybridized carbons (Fsp3) is 0.375. The maximum Gasteiger partial charge on any atom is 0.230 e. The summed E-state index contributed by atoms with van der Waals surface area (Å²) in [7, 11) is 0. The molecule has 0 spiro atoms. The average Bonchev–Trinajstić information content (AvgIpc) is 3.17. The van der Waals surface area contributed by atoms with Gasteiger partial charge in [-0.3, -0.25) is 14.4 Å². The Morgan fingerprint density at radius 2 is 1.72 bits per heavy atom. The molecule has 150 valence electrons. The van der Waals surface area contributed by atoms with Gasteiger partial charge in [0.05, 0.1) is 5.92 Å². The van der Waals surface area contributed by atoms with Gasteiger partial charge >= 0.3 is 0 Å². The van der Waals surface area contributed by atoms with Crippen molar-refractivity contribution in [1.29, 1.82) is 0 Å². The lowest BCUT2D eigenvalue weighted by molar-refractivity contribution is -0.132. The lowest BCUT2D eigenvalue weighted by atomic mass is 9.77. The largest absolute Gasteiger partial charge is 0.326 e. The Bertz CT molecular complexity index is 953. The molecule has 2 unspecified atom stereocenters. The first-order valence-corrected chi connectivity index (χ1v) is 10.4. The van der Waals surface area contributed by atoms with Crippen LogP contribution in [0.15, 0.2) is 48.5 Å². The van der Waals surface area contributed by atoms with Crippen LogP contribution in [-0.2, 0) is 16.0 Å². The SMILES string of the molecule is CC(=O)c1cccc(NC(=O)C2CCCCC2C(=O)N2CCc3ccccc32)c1. The Balaban J connectivity index is 1.52. The van der Waals surface area contributed by atoms with Crippen molar-refractivity contribution in [3.8, 4) is 0 Å². The van der Waals surface area contributed by atoms with Gasteiger partial charge in [0.15, 0.2) is 5.78 Å². The summed E-state index contributed by atoms with van der Waals surface area (Å²) >= 11 is 0. The number of amides is 2. The number of fused-ring (bicyclic) bond motifs is 1. The molecular weight excluding hydrogens is 364 g/mol. The molecule has 5 nitrogen and oxygen atoms in total. The van der Waals surface area contributed by atoms with Crippen LogP contribution < -0.4 is 10.2 Å². The number of benzene rings is 2. The lowest BCUT2D eigenvalue weighted by Crippen LogP contribution is -2.43. The van der Waals surface area contributed by atoms with Crippen LogP contribution >= 0.6 is 0 Å². The predicted molar refractivity (Wildman–Crippen MR) is 113 cm³/mol. The van der Waals surface area contributed by atoms with Gasteiger partial charge in [0.1, 0.15) is 0 Å². The summed E-state index contributed by atoms with van der Waals surface area (Å²) in [6.45, 7) is 2.19. The maximum absolute atomic E-state index is 13.4. The second-order valence-electron chi connectivity index (χ2n) is 7.99. The van der Waals surface area contributed by atoms with Crippen LogP contribution in [0.4, 0.5) is 11.4 Å². The summed E-state index contributed by atoms with van der Waals surface area (Å²) in [5.41, 5.74) is 3.34. The highest BCUT2D eigenvalue weighted by Crippen LogP contribution is 2.36. The second-order valence-corrected chi connectivity index (χ2v) is 7.99. The fourth-order valence-corrected chi connectivity index (χ4v) is 4.56. The van der Waals surface area contributed by atoms with E-state index in [1.807, 2.05) is 23.1 Å². The Labute approximate surface area is 171 Å². The molecule has 2 aromatic rings. The molecule has 0 saturated heterocycles. The van der Waals surface area contributed by atoms with Gasteiger partial charge in [-0.25, -0.2) is 0 Å². The van der Waals surface area contributed by atoms with Gasteiger partial charge in [-0.2, -0.15) is 0 Å². The quantitative estimate of drug-likeness (QED) is 0.795. The van der Waals surface area contributed by atoms with E-state index in [2.05, 4.69) is 11.4 Å². The van der Waals surface area contributed by atoms with Gasteiger partial charge in [-0.05, 0) is 49.9 Å². The molecule has 4 rings (SSSR count). The van der Waals surface area contributed by atoms with E-state index in [1.165, 1.54) is 12.5 Å². The predicted octanol–water partition coefficient (Wildman–Crippen LogP) is 4.22. The number of hydrogen-bond acceptors (Lipinski definition) is 3. The van der Waals surface area contributed by atoms with Gasteiger partial charge in [0, 0.05) is 29.4 Å². The monoisotopic (exact) mass is 390 g/mol. The van der Waals surface area contributed by atoms with E-state index in [0.29, 0.717) is 24.2 Å². The highest BCUT2D eigenvalue weighted by Gasteiger charge is 2.39. The Morgan fingerprint density at radius 1 is 0.966 bits per heavy atom. The molecular formula is C24H26N2O3. The number of Topliss-reactive ketones (excluding diaryl/α,β-unsaturated/α-hetero) is 1. The zero-order valence-corrected chi connectivity index (χ0v) is 16.7. The number of nitrogens with one attached hydrogen (secondary N) is 1. The minimum Gasteiger partial charge on any atom is -0.326 e. The number of rotatable bonds is 4. The zero-order chi connectivity index (χ0) is 20.4. The van der Waals surface area contributed by atoms with E-state index in [4.69, 9.17) is 0 Å². The normalized spacial score (nSPS) is 20.8. The summed E-state index contributed by atoms with van der Waals surface area (Å²) < 4.78 is 0. The molecule has 2 amide bonds. The van der Waals surface area contributed by atoms with Crippen LogP contribution in [0.25, 0.3) is 0 Å². The van der Waals surface area contributed by atoms with Crippen molar-refractivity contribution >= 4 is 29.0 Å². The molecule has 0 bridgehead atoms. The van der Waals surface area contributed by atoms with Gasteiger partial charge in [-0.15, -0.1) is 0 Å². The standard InChI is InChI=1S/C24H26N2O3/c1-16(27)18-8-6-9-19(15-18)25-23(28)20-10-3-4-11-21(20)24(29)26-14-13-17-7-2-5-12-22(17)26/h2,5-9,12,15,20-21H,3-4,10-11,13-14H2,1H3,(H,25,28). The van der Waals surface area contributed by atoms with Crippen molar-refractivity contribution in [2.75, 3.05) is 16.8 Å². The summed E-state index contributed by atoms with van der Waals surface area (Å²) in [5.74, 6) is -0.751. The molecule has 1 aliphatic heterocycles. The molecule has 1 saturated carbocycles. The minimum absolute atomic E-state index is 0.0421. The summed E-state index contributed by atoms with van der Waals surface area (Å²) in [6, 6.07) is 15.0. The first-order valence-electron chi connectivity index (χ1n) is 10.4. The van der Waals surface area contributed by atoms with Crippen LogP contribution in [-0.4, -0.2) is 24.1 Å². The van der Waals surface area contributed by atoms with Crippen molar-refractivity contribution in [1.82, 2.24) is 0 Å². The molecule has 1 heterocycles. The van der Waals surface area contributed by atoms with Crippen molar-refractivity contribution in [3.05, 3.63) is 59.7 Å². The van der Waals surface area contributed by atoms with Crippen molar-refractivity contribution < 1.29 is 14.4 Å². The van der Waals surface area contributed by atoms with Gasteiger partial charge in [-0.1, -0.05) is 43.2 Å². The van der Waals surface area contributed by atoms with Crippen LogP contribution in [0.3, 0.4) is 0 Å². The number of ketones is 1. The summed E-state index contributed by atoms with van der Waals surface area (Å²) in [6.07, 6.45) is 4.23. The van der Waals surface area contributed by atoms with E-state index in [9.17, 15) is 14.4 Å². The Morgan fingerprint density at radius 3 is 2.52 bits per heavy atom. The van der Waals surface area contributed by atoms with E-state index >= 15 is 0 Å². The fourth-order valence-electron chi connectivity index (χ4n) is 4.56. The highest BCUT2D eigenvalue weighted by molar-refractivity contribution is 6.02. The van der Waals surface area contributed by atoms with Crippen molar-refractivity contribution in [2.24, 2.45) is 11.8 Å². The molecule has 5 heteroatoms. The third-order valence-corrected chi connectivity index (χ3v) is 6.11. The van der Waals surface area contributed by atoms with Gasteiger partial charge in [0.25, 0.3) is 0 Å². The molecule has 1 fully saturated rings. The number of carbonyl (C=O) groups is 3. The third kappa shape index (κ3) is 3.95. The summed E-state index contributed by atoms with van der Waals surface area (Å²) in [4.78, 5) is 39.9. The van der Waals surface area contributed by atoms with Crippen molar-refractivity contribution in [2.45, 2.75) is 39.0 Å². The molecule has 29 heavy (non-hydrogen) atoms. The third-order valence-electron chi connectivity index (χ3n) is 6.11. The number of hydrogen-bond donors (Lipinski definition) is 1. The van der Waals surface area contributed by atoms with E-state index in [-0.39, 0.29) is 29.4 Å². The van der Waals surface area contributed by atoms with E-state index in [1.54, 1.807) is 24.3 Å². The summed E-state index contributed by atoms with van der Waals surface area (Å²) in [5, 5.41) is 2.94. The smallest absolute Gasteiger partial charge is 0.230 e.